The largest absolute Gasteiger partial charge is 0.477 e. The van der Waals surface area contributed by atoms with E-state index < -0.39 is 5.54 Å². The van der Waals surface area contributed by atoms with Gasteiger partial charge >= 0.3 is 5.97 Å². The number of piperidine rings is 1. The quantitative estimate of drug-likeness (QED) is 0.665. The van der Waals surface area contributed by atoms with Gasteiger partial charge in [0.1, 0.15) is 5.69 Å². The van der Waals surface area contributed by atoms with E-state index in [1.165, 1.54) is 20.0 Å². The summed E-state index contributed by atoms with van der Waals surface area (Å²) < 4.78 is 10.8. The van der Waals surface area contributed by atoms with E-state index in [1.54, 1.807) is 6.07 Å². The molecule has 0 atom stereocenters. The Hall–Kier alpha value is -2.15. The summed E-state index contributed by atoms with van der Waals surface area (Å²) in [5, 5.41) is 6.36. The van der Waals surface area contributed by atoms with Gasteiger partial charge in [-0.05, 0) is 69.5 Å². The van der Waals surface area contributed by atoms with Crippen molar-refractivity contribution in [1.82, 2.24) is 15.6 Å². The molecule has 3 aliphatic rings. The molecule has 2 aliphatic carbocycles. The van der Waals surface area contributed by atoms with Crippen LogP contribution in [0.15, 0.2) is 12.1 Å². The third kappa shape index (κ3) is 4.63. The summed E-state index contributed by atoms with van der Waals surface area (Å²) in [5.74, 6) is 1.17. The molecule has 0 radical (unpaired) electrons. The number of aromatic nitrogens is 1. The minimum absolute atomic E-state index is 0.169. The zero-order valence-electron chi connectivity index (χ0n) is 16.5. The van der Waals surface area contributed by atoms with Gasteiger partial charge < -0.3 is 20.1 Å². The molecule has 0 bridgehead atoms. The minimum Gasteiger partial charge on any atom is -0.477 e. The first-order valence-corrected chi connectivity index (χ1v) is 10.3. The number of methoxy groups -OCH3 is 1. The van der Waals surface area contributed by atoms with Crippen molar-refractivity contribution in [3.05, 3.63) is 23.4 Å². The second-order valence-electron chi connectivity index (χ2n) is 8.36. The van der Waals surface area contributed by atoms with Gasteiger partial charge in [-0.15, -0.1) is 0 Å². The van der Waals surface area contributed by atoms with Crippen LogP contribution in [0.5, 0.6) is 5.88 Å². The van der Waals surface area contributed by atoms with Crippen molar-refractivity contribution in [2.75, 3.05) is 26.8 Å². The molecule has 4 rings (SSSR count). The van der Waals surface area contributed by atoms with Crippen molar-refractivity contribution in [3.63, 3.8) is 0 Å². The minimum atomic E-state index is -0.596. The van der Waals surface area contributed by atoms with E-state index >= 15 is 0 Å². The molecule has 152 valence electrons. The van der Waals surface area contributed by atoms with Crippen LogP contribution in [0.3, 0.4) is 0 Å². The van der Waals surface area contributed by atoms with Gasteiger partial charge in [0.2, 0.25) is 5.88 Å². The number of ether oxygens (including phenoxy) is 2. The smallest absolute Gasteiger partial charge is 0.307 e. The van der Waals surface area contributed by atoms with Crippen LogP contribution in [0.25, 0.3) is 0 Å². The van der Waals surface area contributed by atoms with Gasteiger partial charge in [0, 0.05) is 5.56 Å². The van der Waals surface area contributed by atoms with Crippen molar-refractivity contribution in [1.29, 1.82) is 0 Å². The summed E-state index contributed by atoms with van der Waals surface area (Å²) in [6, 6.07) is 3.76. The molecule has 0 aromatic carbocycles. The average molecular weight is 387 g/mol. The molecule has 28 heavy (non-hydrogen) atoms. The third-order valence-corrected chi connectivity index (χ3v) is 5.94. The van der Waals surface area contributed by atoms with Crippen LogP contribution >= 0.6 is 0 Å². The number of carbonyl (C=O) groups is 2. The number of esters is 1. The summed E-state index contributed by atoms with van der Waals surface area (Å²) >= 11 is 0. The fraction of sp³-hybridized carbons (Fsp3) is 0.667. The van der Waals surface area contributed by atoms with Crippen LogP contribution in [0.2, 0.25) is 0 Å². The summed E-state index contributed by atoms with van der Waals surface area (Å²) in [5.41, 5.74) is 0.864. The van der Waals surface area contributed by atoms with E-state index in [9.17, 15) is 9.59 Å². The Balaban J connectivity index is 1.50. The van der Waals surface area contributed by atoms with E-state index in [1.807, 2.05) is 6.07 Å². The normalized spacial score (nSPS) is 21.0. The Morgan fingerprint density at radius 3 is 2.61 bits per heavy atom. The van der Waals surface area contributed by atoms with E-state index in [4.69, 9.17) is 9.47 Å². The topological polar surface area (TPSA) is 89.5 Å². The highest BCUT2D eigenvalue weighted by molar-refractivity contribution is 5.93. The molecule has 2 N–H and O–H groups in total. The lowest BCUT2D eigenvalue weighted by Gasteiger charge is -2.37. The number of pyridine rings is 1. The van der Waals surface area contributed by atoms with Crippen LogP contribution in [0.4, 0.5) is 0 Å². The molecule has 0 unspecified atom stereocenters. The molecule has 7 heteroatoms. The van der Waals surface area contributed by atoms with Gasteiger partial charge in [0.25, 0.3) is 5.91 Å². The van der Waals surface area contributed by atoms with E-state index in [-0.39, 0.29) is 18.3 Å². The van der Waals surface area contributed by atoms with Crippen LogP contribution < -0.4 is 15.4 Å². The average Bonchev–Trinajstić information content (AvgIpc) is 3.60. The zero-order chi connectivity index (χ0) is 19.6. The first-order chi connectivity index (χ1) is 13.6. The standard InChI is InChI=1S/C21H29N3O4/c1-27-18(25)12-21(8-10-22-11-9-21)24-19(26)17-7-6-16(15-4-5-15)20(23-17)28-13-14-2-3-14/h6-7,14-15,22H,2-5,8-13H2,1H3,(H,24,26). The Labute approximate surface area is 165 Å². The molecule has 1 aromatic rings. The summed E-state index contributed by atoms with van der Waals surface area (Å²) in [6.07, 6.45) is 6.26. The Morgan fingerprint density at radius 1 is 1.21 bits per heavy atom. The lowest BCUT2D eigenvalue weighted by atomic mass is 9.85. The lowest BCUT2D eigenvalue weighted by Crippen LogP contribution is -2.55. The highest BCUT2D eigenvalue weighted by Gasteiger charge is 2.37. The number of carbonyl (C=O) groups excluding carboxylic acids is 2. The van der Waals surface area contributed by atoms with Gasteiger partial charge in [0.05, 0.1) is 25.7 Å². The first-order valence-electron chi connectivity index (χ1n) is 10.3. The molecule has 1 amide bonds. The molecule has 1 saturated heterocycles. The predicted molar refractivity (Wildman–Crippen MR) is 103 cm³/mol. The first kappa shape index (κ1) is 19.2. The van der Waals surface area contributed by atoms with Crippen molar-refractivity contribution >= 4 is 11.9 Å². The van der Waals surface area contributed by atoms with Gasteiger partial charge in [-0.1, -0.05) is 6.07 Å². The van der Waals surface area contributed by atoms with Gasteiger partial charge in [-0.3, -0.25) is 9.59 Å². The highest BCUT2D eigenvalue weighted by atomic mass is 16.5. The molecule has 3 fully saturated rings. The lowest BCUT2D eigenvalue weighted by molar-refractivity contribution is -0.142. The molecule has 0 spiro atoms. The van der Waals surface area contributed by atoms with Gasteiger partial charge in [0.15, 0.2) is 0 Å². The monoisotopic (exact) mass is 387 g/mol. The van der Waals surface area contributed by atoms with Gasteiger partial charge in [-0.2, -0.15) is 0 Å². The Kier molecular flexibility index (Phi) is 5.53. The van der Waals surface area contributed by atoms with Crippen molar-refractivity contribution in [3.8, 4) is 5.88 Å². The second kappa shape index (κ2) is 8.07. The number of rotatable bonds is 8. The zero-order valence-corrected chi connectivity index (χ0v) is 16.5. The Bertz CT molecular complexity index is 737. The summed E-state index contributed by atoms with van der Waals surface area (Å²) in [6.45, 7) is 2.18. The van der Waals surface area contributed by atoms with Crippen LogP contribution in [0.1, 0.15) is 66.9 Å². The van der Waals surface area contributed by atoms with Gasteiger partial charge in [-0.25, -0.2) is 4.98 Å². The molecule has 2 saturated carbocycles. The van der Waals surface area contributed by atoms with Crippen molar-refractivity contribution in [2.24, 2.45) is 5.92 Å². The van der Waals surface area contributed by atoms with Crippen molar-refractivity contribution in [2.45, 2.75) is 56.4 Å². The summed E-state index contributed by atoms with van der Waals surface area (Å²) in [4.78, 5) is 29.5. The molecule has 1 aromatic heterocycles. The highest BCUT2D eigenvalue weighted by Crippen LogP contribution is 2.44. The number of nitrogens with one attached hydrogen (secondary N) is 2. The SMILES string of the molecule is COC(=O)CC1(NC(=O)c2ccc(C3CC3)c(OCC3CC3)n2)CCNCC1. The molecular weight excluding hydrogens is 358 g/mol. The second-order valence-corrected chi connectivity index (χ2v) is 8.36. The van der Waals surface area contributed by atoms with Crippen LogP contribution in [0, 0.1) is 5.92 Å². The molecule has 7 nitrogen and oxygen atoms in total. The molecule has 2 heterocycles. The Morgan fingerprint density at radius 2 is 1.96 bits per heavy atom. The fourth-order valence-corrected chi connectivity index (χ4v) is 3.78. The predicted octanol–water partition coefficient (Wildman–Crippen LogP) is 2.16. The molecular formula is C21H29N3O4. The number of hydrogen-bond donors (Lipinski definition) is 2. The summed E-state index contributed by atoms with van der Waals surface area (Å²) in [7, 11) is 1.38. The number of hydrogen-bond acceptors (Lipinski definition) is 6. The maximum Gasteiger partial charge on any atom is 0.307 e. The van der Waals surface area contributed by atoms with Crippen LogP contribution in [-0.2, 0) is 9.53 Å². The van der Waals surface area contributed by atoms with E-state index in [2.05, 4.69) is 15.6 Å². The van der Waals surface area contributed by atoms with E-state index in [0.29, 0.717) is 42.9 Å². The fourth-order valence-electron chi connectivity index (χ4n) is 3.78. The molecule has 1 aliphatic heterocycles. The number of amides is 1. The maximum absolute atomic E-state index is 13.0. The third-order valence-electron chi connectivity index (χ3n) is 5.94. The van der Waals surface area contributed by atoms with Crippen LogP contribution in [-0.4, -0.2) is 49.2 Å². The number of nitrogens with zero attached hydrogens (tertiary/aromatic N) is 1. The maximum atomic E-state index is 13.0. The van der Waals surface area contributed by atoms with Crippen molar-refractivity contribution < 1.29 is 19.1 Å². The van der Waals surface area contributed by atoms with E-state index in [0.717, 1.165) is 31.5 Å².